The van der Waals surface area contributed by atoms with Gasteiger partial charge in [0.25, 0.3) is 0 Å². The van der Waals surface area contributed by atoms with Gasteiger partial charge < -0.3 is 11.1 Å². The van der Waals surface area contributed by atoms with Crippen LogP contribution >= 0.6 is 11.8 Å². The topological polar surface area (TPSA) is 67.5 Å². The largest absolute Gasteiger partial charge is 0.370 e. The Hall–Kier alpha value is -1.49. The molecular formula is C14H19N3OS. The summed E-state index contributed by atoms with van der Waals surface area (Å²) in [6, 6.07) is 10.7. The Balaban J connectivity index is 1.85. The second-order valence-electron chi connectivity index (χ2n) is 4.80. The molecule has 1 aliphatic heterocycles. The van der Waals surface area contributed by atoms with Gasteiger partial charge in [-0.2, -0.15) is 0 Å². The highest BCUT2D eigenvalue weighted by molar-refractivity contribution is 8.14. The van der Waals surface area contributed by atoms with E-state index in [4.69, 9.17) is 5.73 Å². The van der Waals surface area contributed by atoms with Crippen molar-refractivity contribution in [2.75, 3.05) is 5.75 Å². The lowest BCUT2D eigenvalue weighted by molar-refractivity contribution is -0.118. The smallest absolute Gasteiger partial charge is 0.219 e. The zero-order chi connectivity index (χ0) is 13.7. The van der Waals surface area contributed by atoms with Gasteiger partial charge >= 0.3 is 0 Å². The number of carbonyl (C=O) groups is 1. The molecule has 0 aromatic heterocycles. The molecule has 0 spiro atoms. The van der Waals surface area contributed by atoms with Crippen molar-refractivity contribution in [2.45, 2.75) is 31.8 Å². The lowest BCUT2D eigenvalue weighted by Crippen LogP contribution is -2.33. The van der Waals surface area contributed by atoms with Gasteiger partial charge in [0.05, 0.1) is 6.04 Å². The lowest BCUT2D eigenvalue weighted by atomic mass is 10.1. The number of nitrogens with two attached hydrogens (primary N) is 1. The molecule has 0 saturated carbocycles. The van der Waals surface area contributed by atoms with Crippen LogP contribution in [0.1, 0.15) is 18.9 Å². The van der Waals surface area contributed by atoms with Gasteiger partial charge in [-0.25, -0.2) is 0 Å². The third-order valence-electron chi connectivity index (χ3n) is 2.90. The fourth-order valence-corrected chi connectivity index (χ4v) is 3.10. The van der Waals surface area contributed by atoms with Crippen molar-refractivity contribution in [3.8, 4) is 0 Å². The number of hydrogen-bond acceptors (Lipinski definition) is 4. The number of benzene rings is 1. The number of hydrogen-bond donors (Lipinski definition) is 2. The first-order valence-corrected chi connectivity index (χ1v) is 7.41. The summed E-state index contributed by atoms with van der Waals surface area (Å²) >= 11 is 1.71. The zero-order valence-electron chi connectivity index (χ0n) is 11.0. The van der Waals surface area contributed by atoms with Gasteiger partial charge in [-0.15, -0.1) is 0 Å². The number of nitrogens with zero attached hydrogens (tertiary/aromatic N) is 1. The first-order valence-electron chi connectivity index (χ1n) is 6.43. The van der Waals surface area contributed by atoms with E-state index in [9.17, 15) is 4.79 Å². The van der Waals surface area contributed by atoms with E-state index < -0.39 is 0 Å². The Morgan fingerprint density at radius 3 is 2.95 bits per heavy atom. The second-order valence-corrected chi connectivity index (χ2v) is 5.81. The Labute approximate surface area is 117 Å². The van der Waals surface area contributed by atoms with Crippen molar-refractivity contribution in [2.24, 2.45) is 10.7 Å². The predicted molar refractivity (Wildman–Crippen MR) is 80.2 cm³/mol. The molecular weight excluding hydrogens is 258 g/mol. The van der Waals surface area contributed by atoms with Crippen LogP contribution in [0.5, 0.6) is 0 Å². The maximum atomic E-state index is 10.8. The van der Waals surface area contributed by atoms with Gasteiger partial charge in [0.15, 0.2) is 5.17 Å². The van der Waals surface area contributed by atoms with Crippen LogP contribution in [-0.2, 0) is 11.2 Å². The van der Waals surface area contributed by atoms with Crippen LogP contribution in [0.2, 0.25) is 0 Å². The minimum Gasteiger partial charge on any atom is -0.370 e. The molecule has 1 aromatic rings. The predicted octanol–water partition coefficient (Wildman–Crippen LogP) is 1.55. The number of thioether (sulfide) groups is 1. The standard InChI is InChI=1S/C14H19N3OS/c1-10(7-13(15)18)16-14-17-12(9-19-14)8-11-5-3-2-4-6-11/h2-6,10,12H,7-9H2,1H3,(H2,15,18)(H,16,17). The van der Waals surface area contributed by atoms with Crippen LogP contribution in [0.15, 0.2) is 35.3 Å². The van der Waals surface area contributed by atoms with Crippen molar-refractivity contribution in [3.63, 3.8) is 0 Å². The normalized spacial score (nSPS) is 19.8. The van der Waals surface area contributed by atoms with E-state index in [-0.39, 0.29) is 11.9 Å². The fraction of sp³-hybridized carbons (Fsp3) is 0.429. The van der Waals surface area contributed by atoms with Crippen molar-refractivity contribution >= 4 is 22.8 Å². The van der Waals surface area contributed by atoms with Crippen molar-refractivity contribution in [1.82, 2.24) is 5.32 Å². The highest BCUT2D eigenvalue weighted by atomic mass is 32.2. The Bertz CT molecular complexity index is 461. The first-order chi connectivity index (χ1) is 9.13. The molecule has 5 heteroatoms. The molecule has 4 nitrogen and oxygen atoms in total. The third-order valence-corrected chi connectivity index (χ3v) is 3.95. The van der Waals surface area contributed by atoms with E-state index in [1.165, 1.54) is 5.56 Å². The summed E-state index contributed by atoms with van der Waals surface area (Å²) < 4.78 is 0. The maximum Gasteiger partial charge on any atom is 0.219 e. The van der Waals surface area contributed by atoms with Gasteiger partial charge in [0.2, 0.25) is 5.91 Å². The molecule has 1 aromatic carbocycles. The molecule has 0 fully saturated rings. The second kappa shape index (κ2) is 6.61. The number of primary amides is 1. The maximum absolute atomic E-state index is 10.8. The van der Waals surface area contributed by atoms with Crippen molar-refractivity contribution in [1.29, 1.82) is 0 Å². The minimum atomic E-state index is -0.288. The molecule has 0 radical (unpaired) electrons. The van der Waals surface area contributed by atoms with Crippen LogP contribution in [0.25, 0.3) is 0 Å². The van der Waals surface area contributed by atoms with Gasteiger partial charge in [-0.05, 0) is 18.9 Å². The molecule has 3 N–H and O–H groups in total. The van der Waals surface area contributed by atoms with Crippen LogP contribution in [0, 0.1) is 0 Å². The third kappa shape index (κ3) is 4.59. The molecule has 0 aliphatic carbocycles. The van der Waals surface area contributed by atoms with E-state index in [2.05, 4.69) is 34.6 Å². The quantitative estimate of drug-likeness (QED) is 0.858. The molecule has 2 unspecified atom stereocenters. The van der Waals surface area contributed by atoms with Crippen LogP contribution in [0.3, 0.4) is 0 Å². The summed E-state index contributed by atoms with van der Waals surface area (Å²) in [6.45, 7) is 1.94. The van der Waals surface area contributed by atoms with Crippen molar-refractivity contribution < 1.29 is 4.79 Å². The molecule has 1 aliphatic rings. The minimum absolute atomic E-state index is 0.0409. The van der Waals surface area contributed by atoms with Crippen LogP contribution in [-0.4, -0.2) is 28.9 Å². The molecule has 1 heterocycles. The average Bonchev–Trinajstić information content (AvgIpc) is 2.76. The number of amides is 1. The number of rotatable bonds is 5. The molecule has 19 heavy (non-hydrogen) atoms. The first kappa shape index (κ1) is 13.9. The summed E-state index contributed by atoms with van der Waals surface area (Å²) in [5.41, 5.74) is 6.48. The summed E-state index contributed by atoms with van der Waals surface area (Å²) in [4.78, 5) is 15.5. The van der Waals surface area contributed by atoms with Gasteiger partial charge in [-0.3, -0.25) is 9.79 Å². The van der Waals surface area contributed by atoms with E-state index in [0.29, 0.717) is 12.5 Å². The number of aliphatic imine (C=N–C) groups is 1. The monoisotopic (exact) mass is 277 g/mol. The molecule has 1 amide bonds. The average molecular weight is 277 g/mol. The number of amidine groups is 1. The SMILES string of the molecule is CC(CC(N)=O)NC1=NC(Cc2ccccc2)CS1. The van der Waals surface area contributed by atoms with Crippen molar-refractivity contribution in [3.05, 3.63) is 35.9 Å². The Kier molecular flexibility index (Phi) is 4.85. The highest BCUT2D eigenvalue weighted by Crippen LogP contribution is 2.20. The molecule has 0 saturated heterocycles. The summed E-state index contributed by atoms with van der Waals surface area (Å²) in [5.74, 6) is 0.699. The molecule has 2 rings (SSSR count). The van der Waals surface area contributed by atoms with Crippen LogP contribution in [0.4, 0.5) is 0 Å². The Morgan fingerprint density at radius 1 is 1.53 bits per heavy atom. The number of nitrogens with one attached hydrogen (secondary N) is 1. The van der Waals surface area contributed by atoms with E-state index >= 15 is 0 Å². The summed E-state index contributed by atoms with van der Waals surface area (Å²) in [6.07, 6.45) is 1.30. The van der Waals surface area contributed by atoms with Gasteiger partial charge in [0.1, 0.15) is 0 Å². The fourth-order valence-electron chi connectivity index (χ4n) is 2.05. The van der Waals surface area contributed by atoms with E-state index in [1.54, 1.807) is 11.8 Å². The highest BCUT2D eigenvalue weighted by Gasteiger charge is 2.20. The number of carbonyl (C=O) groups excluding carboxylic acids is 1. The van der Waals surface area contributed by atoms with Crippen LogP contribution < -0.4 is 11.1 Å². The lowest BCUT2D eigenvalue weighted by Gasteiger charge is -2.11. The summed E-state index contributed by atoms with van der Waals surface area (Å²) in [7, 11) is 0. The molecule has 2 atom stereocenters. The molecule has 102 valence electrons. The van der Waals surface area contributed by atoms with Gasteiger partial charge in [-0.1, -0.05) is 42.1 Å². The van der Waals surface area contributed by atoms with Gasteiger partial charge in [0, 0.05) is 18.2 Å². The Morgan fingerprint density at radius 2 is 2.26 bits per heavy atom. The van der Waals surface area contributed by atoms with E-state index in [0.717, 1.165) is 17.3 Å². The van der Waals surface area contributed by atoms with E-state index in [1.807, 2.05) is 13.0 Å². The summed E-state index contributed by atoms with van der Waals surface area (Å²) in [5, 5.41) is 4.16. The zero-order valence-corrected chi connectivity index (χ0v) is 11.8. The molecule has 0 bridgehead atoms.